The third-order valence-corrected chi connectivity index (χ3v) is 5.03. The molecule has 0 amide bonds. The molecule has 0 saturated heterocycles. The molecule has 0 aliphatic carbocycles. The van der Waals surface area contributed by atoms with Crippen molar-refractivity contribution in [1.29, 1.82) is 0 Å². The van der Waals surface area contributed by atoms with Crippen molar-refractivity contribution in [2.24, 2.45) is 0 Å². The SMILES string of the molecule is CN(Cc1ccc(-c2nc(-c3cccnc3)cc(=O)[nH]2)cc1)Cc1nccs1. The van der Waals surface area contributed by atoms with Gasteiger partial charge in [0.25, 0.3) is 5.56 Å². The van der Waals surface area contributed by atoms with Crippen molar-refractivity contribution < 1.29 is 0 Å². The number of aromatic amines is 1. The predicted octanol–water partition coefficient (Wildman–Crippen LogP) is 3.59. The summed E-state index contributed by atoms with van der Waals surface area (Å²) >= 11 is 1.66. The molecule has 0 saturated carbocycles. The lowest BCUT2D eigenvalue weighted by Crippen LogP contribution is -2.17. The summed E-state index contributed by atoms with van der Waals surface area (Å²) in [5.74, 6) is 0.550. The summed E-state index contributed by atoms with van der Waals surface area (Å²) in [6.45, 7) is 1.64. The molecular weight excluding hydrogens is 370 g/mol. The Labute approximate surface area is 166 Å². The predicted molar refractivity (Wildman–Crippen MR) is 111 cm³/mol. The topological polar surface area (TPSA) is 74.8 Å². The summed E-state index contributed by atoms with van der Waals surface area (Å²) in [4.78, 5) is 30.2. The van der Waals surface area contributed by atoms with Crippen LogP contribution in [-0.4, -0.2) is 31.9 Å². The number of thiazole rings is 1. The fraction of sp³-hybridized carbons (Fsp3) is 0.143. The molecule has 140 valence electrons. The second-order valence-corrected chi connectivity index (χ2v) is 7.50. The summed E-state index contributed by atoms with van der Waals surface area (Å²) in [5.41, 5.74) is 3.30. The molecule has 4 rings (SSSR count). The fourth-order valence-corrected chi connectivity index (χ4v) is 3.65. The Morgan fingerprint density at radius 1 is 1.07 bits per heavy atom. The van der Waals surface area contributed by atoms with Crippen molar-refractivity contribution in [3.05, 3.63) is 87.4 Å². The zero-order chi connectivity index (χ0) is 19.3. The van der Waals surface area contributed by atoms with Gasteiger partial charge in [0.15, 0.2) is 0 Å². The number of nitrogens with zero attached hydrogens (tertiary/aromatic N) is 4. The largest absolute Gasteiger partial charge is 0.306 e. The molecule has 0 radical (unpaired) electrons. The lowest BCUT2D eigenvalue weighted by atomic mass is 10.1. The van der Waals surface area contributed by atoms with Crippen LogP contribution in [0.15, 0.2) is 71.2 Å². The van der Waals surface area contributed by atoms with E-state index in [1.807, 2.05) is 35.8 Å². The molecule has 6 nitrogen and oxygen atoms in total. The highest BCUT2D eigenvalue weighted by molar-refractivity contribution is 7.09. The molecule has 3 aromatic heterocycles. The van der Waals surface area contributed by atoms with E-state index in [-0.39, 0.29) is 5.56 Å². The number of pyridine rings is 1. The number of nitrogens with one attached hydrogen (secondary N) is 1. The first kappa shape index (κ1) is 18.2. The van der Waals surface area contributed by atoms with Gasteiger partial charge in [-0.15, -0.1) is 11.3 Å². The molecule has 28 heavy (non-hydrogen) atoms. The second kappa shape index (κ2) is 8.24. The first-order valence-electron chi connectivity index (χ1n) is 8.85. The summed E-state index contributed by atoms with van der Waals surface area (Å²) in [5, 5.41) is 3.10. The van der Waals surface area contributed by atoms with Gasteiger partial charge < -0.3 is 4.98 Å². The van der Waals surface area contributed by atoms with Gasteiger partial charge in [-0.2, -0.15) is 0 Å². The number of H-pyrrole nitrogens is 1. The number of hydrogen-bond acceptors (Lipinski definition) is 6. The van der Waals surface area contributed by atoms with Gasteiger partial charge in [0, 0.05) is 47.7 Å². The molecule has 0 bridgehead atoms. The average Bonchev–Trinajstić information content (AvgIpc) is 3.21. The molecular formula is C21H19N5OS. The van der Waals surface area contributed by atoms with Crippen molar-refractivity contribution in [1.82, 2.24) is 24.8 Å². The summed E-state index contributed by atoms with van der Waals surface area (Å²) in [6, 6.07) is 13.3. The zero-order valence-electron chi connectivity index (χ0n) is 15.4. The van der Waals surface area contributed by atoms with E-state index in [0.29, 0.717) is 11.5 Å². The molecule has 4 aromatic rings. The van der Waals surface area contributed by atoms with Crippen molar-refractivity contribution in [3.8, 4) is 22.6 Å². The molecule has 0 aliphatic rings. The normalized spacial score (nSPS) is 11.1. The van der Waals surface area contributed by atoms with Crippen LogP contribution in [0.4, 0.5) is 0 Å². The molecule has 0 spiro atoms. The molecule has 1 aromatic carbocycles. The monoisotopic (exact) mass is 389 g/mol. The fourth-order valence-electron chi connectivity index (χ4n) is 2.95. The lowest BCUT2D eigenvalue weighted by Gasteiger charge is -2.15. The Kier molecular flexibility index (Phi) is 5.36. The minimum Gasteiger partial charge on any atom is -0.306 e. The zero-order valence-corrected chi connectivity index (χ0v) is 16.2. The highest BCUT2D eigenvalue weighted by Gasteiger charge is 2.08. The van der Waals surface area contributed by atoms with Gasteiger partial charge in [-0.3, -0.25) is 14.7 Å². The van der Waals surface area contributed by atoms with Crippen molar-refractivity contribution in [2.45, 2.75) is 13.1 Å². The van der Waals surface area contributed by atoms with Gasteiger partial charge in [0.05, 0.1) is 12.2 Å². The van der Waals surface area contributed by atoms with Gasteiger partial charge in [0.1, 0.15) is 10.8 Å². The van der Waals surface area contributed by atoms with E-state index >= 15 is 0 Å². The third-order valence-electron chi connectivity index (χ3n) is 4.27. The Bertz CT molecular complexity index is 1090. The van der Waals surface area contributed by atoms with E-state index in [1.165, 1.54) is 11.6 Å². The number of benzene rings is 1. The van der Waals surface area contributed by atoms with E-state index in [0.717, 1.165) is 29.2 Å². The van der Waals surface area contributed by atoms with Crippen LogP contribution >= 0.6 is 11.3 Å². The van der Waals surface area contributed by atoms with Crippen LogP contribution in [0.1, 0.15) is 10.6 Å². The van der Waals surface area contributed by atoms with Crippen LogP contribution in [0.3, 0.4) is 0 Å². The molecule has 0 unspecified atom stereocenters. The highest BCUT2D eigenvalue weighted by Crippen LogP contribution is 2.20. The Morgan fingerprint density at radius 2 is 1.93 bits per heavy atom. The van der Waals surface area contributed by atoms with Gasteiger partial charge >= 0.3 is 0 Å². The van der Waals surface area contributed by atoms with Crippen molar-refractivity contribution in [2.75, 3.05) is 7.05 Å². The van der Waals surface area contributed by atoms with Crippen molar-refractivity contribution in [3.63, 3.8) is 0 Å². The van der Waals surface area contributed by atoms with Crippen LogP contribution in [-0.2, 0) is 13.1 Å². The smallest absolute Gasteiger partial charge is 0.251 e. The van der Waals surface area contributed by atoms with E-state index in [1.54, 1.807) is 23.7 Å². The highest BCUT2D eigenvalue weighted by atomic mass is 32.1. The van der Waals surface area contributed by atoms with E-state index in [4.69, 9.17) is 0 Å². The molecule has 3 heterocycles. The van der Waals surface area contributed by atoms with E-state index in [2.05, 4.69) is 44.0 Å². The first-order valence-corrected chi connectivity index (χ1v) is 9.73. The summed E-state index contributed by atoms with van der Waals surface area (Å²) in [7, 11) is 2.08. The van der Waals surface area contributed by atoms with Crippen LogP contribution in [0.5, 0.6) is 0 Å². The quantitative estimate of drug-likeness (QED) is 0.545. The van der Waals surface area contributed by atoms with Crippen molar-refractivity contribution >= 4 is 11.3 Å². The lowest BCUT2D eigenvalue weighted by molar-refractivity contribution is 0.318. The molecule has 0 atom stereocenters. The Morgan fingerprint density at radius 3 is 2.64 bits per heavy atom. The van der Waals surface area contributed by atoms with Gasteiger partial charge in [0.2, 0.25) is 0 Å². The minimum atomic E-state index is -0.184. The second-order valence-electron chi connectivity index (χ2n) is 6.52. The third kappa shape index (κ3) is 4.39. The summed E-state index contributed by atoms with van der Waals surface area (Å²) in [6.07, 6.45) is 5.23. The number of hydrogen-bond donors (Lipinski definition) is 1. The van der Waals surface area contributed by atoms with E-state index in [9.17, 15) is 4.79 Å². The molecule has 1 N–H and O–H groups in total. The minimum absolute atomic E-state index is 0.184. The summed E-state index contributed by atoms with van der Waals surface area (Å²) < 4.78 is 0. The maximum atomic E-state index is 12.1. The maximum Gasteiger partial charge on any atom is 0.251 e. The van der Waals surface area contributed by atoms with Crippen LogP contribution in [0.2, 0.25) is 0 Å². The maximum absolute atomic E-state index is 12.1. The van der Waals surface area contributed by atoms with Crippen LogP contribution < -0.4 is 5.56 Å². The number of aromatic nitrogens is 4. The average molecular weight is 389 g/mol. The van der Waals surface area contributed by atoms with Crippen LogP contribution in [0.25, 0.3) is 22.6 Å². The van der Waals surface area contributed by atoms with Gasteiger partial charge in [-0.05, 0) is 24.7 Å². The number of rotatable bonds is 6. The Balaban J connectivity index is 1.52. The van der Waals surface area contributed by atoms with E-state index < -0.39 is 0 Å². The first-order chi connectivity index (χ1) is 13.7. The molecule has 0 fully saturated rings. The standard InChI is InChI=1S/C21H19N5OS/c1-26(14-20-23-9-10-28-20)13-15-4-6-16(7-5-15)21-24-18(11-19(27)25-21)17-3-2-8-22-12-17/h2-12H,13-14H2,1H3,(H,24,25,27). The van der Waals surface area contributed by atoms with Crippen LogP contribution in [0, 0.1) is 0 Å². The molecule has 0 aliphatic heterocycles. The molecule has 7 heteroatoms. The Hall–Kier alpha value is -3.16. The van der Waals surface area contributed by atoms with Gasteiger partial charge in [-0.25, -0.2) is 9.97 Å². The van der Waals surface area contributed by atoms with Gasteiger partial charge in [-0.1, -0.05) is 24.3 Å².